The molecule has 1 N–H and O–H groups in total. The van der Waals surface area contributed by atoms with Crippen LogP contribution in [0.4, 0.5) is 5.69 Å². The number of fused-ring (bicyclic) bond motifs is 2. The summed E-state index contributed by atoms with van der Waals surface area (Å²) in [4.78, 5) is 17.8. The Morgan fingerprint density at radius 3 is 2.35 bits per heavy atom. The Labute approximate surface area is 255 Å². The molecule has 0 bridgehead atoms. The number of piperidine rings is 1. The molecule has 1 amide bonds. The van der Waals surface area contributed by atoms with E-state index in [1.54, 1.807) is 11.0 Å². The van der Waals surface area contributed by atoms with Gasteiger partial charge >= 0.3 is 0 Å². The number of carbonyl (C=O) groups is 1. The van der Waals surface area contributed by atoms with Crippen molar-refractivity contribution >= 4 is 31.6 Å². The van der Waals surface area contributed by atoms with Crippen LogP contribution in [-0.4, -0.2) is 90.2 Å². The first-order valence-corrected chi connectivity index (χ1v) is 18.2. The second-order valence-electron chi connectivity index (χ2n) is 11.7. The van der Waals surface area contributed by atoms with Gasteiger partial charge in [-0.15, -0.1) is 0 Å². The normalized spacial score (nSPS) is 19.4. The van der Waals surface area contributed by atoms with Gasteiger partial charge in [0.1, 0.15) is 6.04 Å². The van der Waals surface area contributed by atoms with Crippen LogP contribution in [0.1, 0.15) is 43.2 Å². The highest BCUT2D eigenvalue weighted by atomic mass is 32.2. The first kappa shape index (κ1) is 31.6. The van der Waals surface area contributed by atoms with Gasteiger partial charge in [0.2, 0.25) is 15.9 Å². The number of carbonyl (C=O) groups excluding carboxylic acids is 1. The molecule has 0 unspecified atom stereocenters. The number of hydrogen-bond donors (Lipinski definition) is 1. The van der Waals surface area contributed by atoms with Crippen LogP contribution >= 0.6 is 0 Å². The second-order valence-corrected chi connectivity index (χ2v) is 15.4. The van der Waals surface area contributed by atoms with E-state index < -0.39 is 31.5 Å². The number of amides is 1. The second kappa shape index (κ2) is 13.5. The summed E-state index contributed by atoms with van der Waals surface area (Å²) in [6.07, 6.45) is 3.89. The van der Waals surface area contributed by atoms with Crippen LogP contribution in [0.15, 0.2) is 66.6 Å². The van der Waals surface area contributed by atoms with Crippen molar-refractivity contribution in [1.82, 2.24) is 14.5 Å². The lowest BCUT2D eigenvalue weighted by molar-refractivity contribution is -0.136. The van der Waals surface area contributed by atoms with Crippen LogP contribution in [0, 0.1) is 0 Å². The van der Waals surface area contributed by atoms with Crippen molar-refractivity contribution < 1.29 is 26.4 Å². The summed E-state index contributed by atoms with van der Waals surface area (Å²) >= 11 is 0. The minimum atomic E-state index is -3.73. The van der Waals surface area contributed by atoms with E-state index in [9.17, 15) is 21.6 Å². The van der Waals surface area contributed by atoms with Gasteiger partial charge in [0.25, 0.3) is 10.0 Å². The zero-order chi connectivity index (χ0) is 30.5. The zero-order valence-corrected chi connectivity index (χ0v) is 26.2. The van der Waals surface area contributed by atoms with Crippen LogP contribution in [0.25, 0.3) is 0 Å². The number of sulfonamides is 2. The lowest BCUT2D eigenvalue weighted by Crippen LogP contribution is -2.55. The molecule has 5 rings (SSSR count). The largest absolute Gasteiger partial charge is 0.375 e. The van der Waals surface area contributed by atoms with Gasteiger partial charge in [0, 0.05) is 30.5 Å². The number of nitrogens with one attached hydrogen (secondary N) is 1. The van der Waals surface area contributed by atoms with Gasteiger partial charge in [-0.25, -0.2) is 21.6 Å². The third kappa shape index (κ3) is 7.49. The summed E-state index contributed by atoms with van der Waals surface area (Å²) in [5, 5.41) is 0.971. The average Bonchev–Trinajstić information content (AvgIpc) is 3.64. The summed E-state index contributed by atoms with van der Waals surface area (Å²) in [5.41, 5.74) is 2.10. The first-order valence-electron chi connectivity index (χ1n) is 15.0. The minimum Gasteiger partial charge on any atom is -0.375 e. The van der Waals surface area contributed by atoms with Crippen molar-refractivity contribution in [2.75, 3.05) is 55.9 Å². The van der Waals surface area contributed by atoms with Crippen LogP contribution in [0.5, 0.6) is 0 Å². The Morgan fingerprint density at radius 1 is 0.977 bits per heavy atom. The maximum Gasteiger partial charge on any atom is 0.256 e. The van der Waals surface area contributed by atoms with E-state index in [0.29, 0.717) is 38.0 Å². The highest BCUT2D eigenvalue weighted by Gasteiger charge is 2.48. The number of anilines is 1. The maximum atomic E-state index is 13.8. The molecule has 43 heavy (non-hydrogen) atoms. The van der Waals surface area contributed by atoms with Crippen molar-refractivity contribution in [1.29, 1.82) is 0 Å². The summed E-state index contributed by atoms with van der Waals surface area (Å²) in [7, 11) is -7.40. The van der Waals surface area contributed by atoms with E-state index in [-0.39, 0.29) is 31.4 Å². The molecule has 1 spiro atoms. The fourth-order valence-corrected chi connectivity index (χ4v) is 8.76. The molecule has 2 saturated heterocycles. The summed E-state index contributed by atoms with van der Waals surface area (Å²) in [6.45, 7) is 7.43. The molecule has 2 fully saturated rings. The number of hydrogen-bond acceptors (Lipinski definition) is 7. The molecule has 0 aliphatic carbocycles. The van der Waals surface area contributed by atoms with Crippen molar-refractivity contribution in [2.24, 2.45) is 0 Å². The number of likely N-dealkylation sites (tertiary alicyclic amines) is 2. The smallest absolute Gasteiger partial charge is 0.256 e. The molecule has 3 heterocycles. The van der Waals surface area contributed by atoms with Gasteiger partial charge in [-0.3, -0.25) is 9.10 Å². The molecule has 0 aromatic heterocycles. The Kier molecular flexibility index (Phi) is 9.92. The average molecular weight is 631 g/mol. The van der Waals surface area contributed by atoms with Crippen LogP contribution < -0.4 is 9.03 Å². The molecule has 0 saturated carbocycles. The third-order valence-electron chi connectivity index (χ3n) is 8.84. The van der Waals surface area contributed by atoms with Crippen LogP contribution in [0.3, 0.4) is 0 Å². The number of para-hydroxylation sites is 1. The predicted molar refractivity (Wildman–Crippen MR) is 167 cm³/mol. The predicted octanol–water partition coefficient (Wildman–Crippen LogP) is 2.83. The van der Waals surface area contributed by atoms with Crippen LogP contribution in [0.2, 0.25) is 0 Å². The van der Waals surface area contributed by atoms with Gasteiger partial charge in [-0.2, -0.15) is 0 Å². The zero-order valence-electron chi connectivity index (χ0n) is 24.6. The highest BCUT2D eigenvalue weighted by Crippen LogP contribution is 2.48. The van der Waals surface area contributed by atoms with Gasteiger partial charge < -0.3 is 14.5 Å². The molecule has 1 atom stereocenters. The lowest BCUT2D eigenvalue weighted by atomic mass is 9.74. The molecule has 2 aromatic carbocycles. The summed E-state index contributed by atoms with van der Waals surface area (Å²) < 4.78 is 61.7. The number of rotatable bonds is 13. The van der Waals surface area contributed by atoms with Gasteiger partial charge in [0.15, 0.2) is 0 Å². The maximum absolute atomic E-state index is 13.8. The van der Waals surface area contributed by atoms with Crippen molar-refractivity contribution in [3.63, 3.8) is 0 Å². The van der Waals surface area contributed by atoms with E-state index in [1.807, 2.05) is 48.5 Å². The van der Waals surface area contributed by atoms with Crippen molar-refractivity contribution in [2.45, 2.75) is 50.2 Å². The van der Waals surface area contributed by atoms with Gasteiger partial charge in [-0.1, -0.05) is 55.1 Å². The number of benzene rings is 2. The van der Waals surface area contributed by atoms with E-state index in [2.05, 4.69) is 16.2 Å². The monoisotopic (exact) mass is 630 g/mol. The first-order chi connectivity index (χ1) is 20.6. The van der Waals surface area contributed by atoms with Gasteiger partial charge in [0.05, 0.1) is 24.7 Å². The van der Waals surface area contributed by atoms with E-state index in [0.717, 1.165) is 49.0 Å². The molecule has 2 aromatic rings. The Morgan fingerprint density at radius 2 is 1.65 bits per heavy atom. The molecule has 10 nitrogen and oxygen atoms in total. The molecule has 12 heteroatoms. The molecule has 3 aliphatic heterocycles. The SMILES string of the molecule is C=CS(=O)(=O)N1CC2(CCN(C(=O)[C@@H](COCc3ccccc3)NS(=O)(=O)CCCN3CCCC3)CC2)c2ccccc21. The highest BCUT2D eigenvalue weighted by molar-refractivity contribution is 7.95. The third-order valence-corrected chi connectivity index (χ3v) is 11.7. The Bertz CT molecular complexity index is 1490. The topological polar surface area (TPSA) is 116 Å². The van der Waals surface area contributed by atoms with E-state index in [4.69, 9.17) is 4.74 Å². The van der Waals surface area contributed by atoms with Crippen molar-refractivity contribution in [3.05, 3.63) is 77.7 Å². The quantitative estimate of drug-likeness (QED) is 0.362. The van der Waals surface area contributed by atoms with E-state index >= 15 is 0 Å². The van der Waals surface area contributed by atoms with Gasteiger partial charge in [-0.05, 0) is 68.9 Å². The molecular weight excluding hydrogens is 588 g/mol. The minimum absolute atomic E-state index is 0.0561. The number of nitrogens with zero attached hydrogens (tertiary/aromatic N) is 3. The van der Waals surface area contributed by atoms with Crippen molar-refractivity contribution in [3.8, 4) is 0 Å². The fraction of sp³-hybridized carbons (Fsp3) is 0.516. The standard InChI is InChI=1S/C31H42N4O6S2/c1-2-43(39,40)35-25-31(27-13-6-7-14-29(27)35)15-20-34(21-16-31)30(36)28(24-41-23-26-11-4-3-5-12-26)32-42(37,38)22-10-19-33-17-8-9-18-33/h2-7,11-14,28,32H,1,8-10,15-25H2/t28-/m1/s1. The van der Waals surface area contributed by atoms with Crippen LogP contribution in [-0.2, 0) is 41.6 Å². The summed E-state index contributed by atoms with van der Waals surface area (Å²) in [5.74, 6) is -0.382. The molecular formula is C31H42N4O6S2. The number of ether oxygens (including phenoxy) is 1. The lowest BCUT2D eigenvalue weighted by Gasteiger charge is -2.40. The summed E-state index contributed by atoms with van der Waals surface area (Å²) in [6, 6.07) is 16.0. The Balaban J connectivity index is 1.26. The molecule has 234 valence electrons. The van der Waals surface area contributed by atoms with E-state index in [1.165, 1.54) is 4.31 Å². The molecule has 0 radical (unpaired) electrons. The molecule has 3 aliphatic rings. The fourth-order valence-electron chi connectivity index (χ4n) is 6.49. The Hall–Kier alpha value is -2.77.